The van der Waals surface area contributed by atoms with E-state index >= 15 is 0 Å². The quantitative estimate of drug-likeness (QED) is 0.884. The number of anilines is 1. The maximum absolute atomic E-state index is 12.1. The minimum Gasteiger partial charge on any atom is -0.478 e. The second-order valence-electron chi connectivity index (χ2n) is 3.78. The van der Waals surface area contributed by atoms with Crippen LogP contribution in [0.3, 0.4) is 0 Å². The molecule has 0 aliphatic carbocycles. The number of para-hydroxylation sites is 1. The van der Waals surface area contributed by atoms with Gasteiger partial charge in [0.15, 0.2) is 0 Å². The van der Waals surface area contributed by atoms with E-state index in [-0.39, 0.29) is 21.8 Å². The molecule has 2 rings (SSSR count). The largest absolute Gasteiger partial charge is 0.478 e. The molecule has 0 saturated heterocycles. The van der Waals surface area contributed by atoms with Gasteiger partial charge in [-0.1, -0.05) is 17.7 Å². The van der Waals surface area contributed by atoms with Crippen LogP contribution >= 0.6 is 27.5 Å². The average Bonchev–Trinajstić information content (AvgIpc) is 2.41. The molecule has 2 N–H and O–H groups in total. The number of hydrogen-bond acceptors (Lipinski definition) is 3. The zero-order valence-corrected chi connectivity index (χ0v) is 12.3. The molecule has 0 aliphatic heterocycles. The molecule has 20 heavy (non-hydrogen) atoms. The van der Waals surface area contributed by atoms with Crippen LogP contribution in [0, 0.1) is 0 Å². The van der Waals surface area contributed by atoms with Gasteiger partial charge in [0.05, 0.1) is 21.8 Å². The highest BCUT2D eigenvalue weighted by molar-refractivity contribution is 9.10. The number of benzene rings is 1. The number of nitrogens with one attached hydrogen (secondary N) is 1. The summed E-state index contributed by atoms with van der Waals surface area (Å²) in [6, 6.07) is 6.06. The molecule has 1 aromatic carbocycles. The Morgan fingerprint density at radius 1 is 1.25 bits per heavy atom. The molecular formula is C13H8BrClN2O3. The lowest BCUT2D eigenvalue weighted by atomic mass is 10.1. The van der Waals surface area contributed by atoms with Gasteiger partial charge in [-0.05, 0) is 34.1 Å². The van der Waals surface area contributed by atoms with Crippen LogP contribution in [0.25, 0.3) is 0 Å². The fourth-order valence-electron chi connectivity index (χ4n) is 1.57. The molecule has 1 amide bonds. The second kappa shape index (κ2) is 6.02. The first-order valence-electron chi connectivity index (χ1n) is 5.43. The monoisotopic (exact) mass is 354 g/mol. The maximum atomic E-state index is 12.1. The van der Waals surface area contributed by atoms with Crippen molar-refractivity contribution in [3.63, 3.8) is 0 Å². The van der Waals surface area contributed by atoms with Crippen LogP contribution in [0.15, 0.2) is 41.1 Å². The molecular weight excluding hydrogens is 348 g/mol. The number of pyridine rings is 1. The lowest BCUT2D eigenvalue weighted by Crippen LogP contribution is -2.15. The molecule has 0 atom stereocenters. The molecule has 0 spiro atoms. The predicted octanol–water partition coefficient (Wildman–Crippen LogP) is 3.45. The second-order valence-corrected chi connectivity index (χ2v) is 5.04. The van der Waals surface area contributed by atoms with E-state index in [9.17, 15) is 9.59 Å². The molecule has 2 aromatic rings. The van der Waals surface area contributed by atoms with Crippen molar-refractivity contribution in [3.05, 3.63) is 57.3 Å². The Kier molecular flexibility index (Phi) is 4.36. The molecule has 0 radical (unpaired) electrons. The van der Waals surface area contributed by atoms with E-state index < -0.39 is 11.9 Å². The van der Waals surface area contributed by atoms with E-state index in [0.717, 1.165) is 0 Å². The highest BCUT2D eigenvalue weighted by atomic mass is 79.9. The summed E-state index contributed by atoms with van der Waals surface area (Å²) >= 11 is 9.09. The van der Waals surface area contributed by atoms with Gasteiger partial charge in [0.1, 0.15) is 0 Å². The third-order valence-electron chi connectivity index (χ3n) is 2.50. The van der Waals surface area contributed by atoms with Crippen LogP contribution in [-0.4, -0.2) is 22.0 Å². The molecule has 5 nitrogen and oxygen atoms in total. The average molecular weight is 356 g/mol. The molecule has 1 heterocycles. The summed E-state index contributed by atoms with van der Waals surface area (Å²) in [5, 5.41) is 11.8. The van der Waals surface area contributed by atoms with Crippen molar-refractivity contribution in [1.82, 2.24) is 4.98 Å². The molecule has 1 aromatic heterocycles. The summed E-state index contributed by atoms with van der Waals surface area (Å²) < 4.78 is 0.468. The normalized spacial score (nSPS) is 10.1. The topological polar surface area (TPSA) is 79.3 Å². The number of carboxylic acids is 1. The first-order valence-corrected chi connectivity index (χ1v) is 6.60. The number of carboxylic acid groups (broad SMARTS) is 1. The minimum atomic E-state index is -1.14. The molecule has 0 unspecified atom stereocenters. The third kappa shape index (κ3) is 2.97. The van der Waals surface area contributed by atoms with Gasteiger partial charge in [0.2, 0.25) is 0 Å². The number of aromatic carboxylic acids is 1. The fourth-order valence-corrected chi connectivity index (χ4v) is 2.24. The van der Waals surface area contributed by atoms with Crippen molar-refractivity contribution in [2.24, 2.45) is 0 Å². The zero-order valence-electron chi connectivity index (χ0n) is 9.93. The maximum Gasteiger partial charge on any atom is 0.337 e. The number of aromatic nitrogens is 1. The van der Waals surface area contributed by atoms with E-state index in [1.54, 1.807) is 12.1 Å². The summed E-state index contributed by atoms with van der Waals surface area (Å²) in [4.78, 5) is 27.1. The summed E-state index contributed by atoms with van der Waals surface area (Å²) in [6.07, 6.45) is 2.77. The lowest BCUT2D eigenvalue weighted by molar-refractivity contribution is 0.0698. The minimum absolute atomic E-state index is 0.0158. The van der Waals surface area contributed by atoms with Crippen molar-refractivity contribution in [1.29, 1.82) is 0 Å². The number of carbonyl (C=O) groups is 2. The van der Waals surface area contributed by atoms with Gasteiger partial charge >= 0.3 is 5.97 Å². The Balaban J connectivity index is 2.38. The van der Waals surface area contributed by atoms with E-state index in [1.807, 2.05) is 0 Å². The van der Waals surface area contributed by atoms with Crippen LogP contribution in [0.2, 0.25) is 5.02 Å². The molecule has 0 bridgehead atoms. The number of hydrogen-bond donors (Lipinski definition) is 2. The zero-order chi connectivity index (χ0) is 14.7. The molecule has 102 valence electrons. The number of rotatable bonds is 3. The highest BCUT2D eigenvalue weighted by Crippen LogP contribution is 2.27. The van der Waals surface area contributed by atoms with Crippen LogP contribution < -0.4 is 5.32 Å². The summed E-state index contributed by atoms with van der Waals surface area (Å²) in [5.41, 5.74) is 0.379. The molecule has 7 heteroatoms. The number of amides is 1. The van der Waals surface area contributed by atoms with Crippen molar-refractivity contribution < 1.29 is 14.7 Å². The Hall–Kier alpha value is -1.92. The summed E-state index contributed by atoms with van der Waals surface area (Å²) in [6.45, 7) is 0. The highest BCUT2D eigenvalue weighted by Gasteiger charge is 2.17. The van der Waals surface area contributed by atoms with Gasteiger partial charge < -0.3 is 10.4 Å². The molecule has 0 fully saturated rings. The van der Waals surface area contributed by atoms with Gasteiger partial charge in [-0.2, -0.15) is 0 Å². The van der Waals surface area contributed by atoms with Crippen molar-refractivity contribution in [2.75, 3.05) is 5.32 Å². The van der Waals surface area contributed by atoms with Gasteiger partial charge in [0, 0.05) is 16.9 Å². The smallest absolute Gasteiger partial charge is 0.337 e. The Bertz CT molecular complexity index is 691. The first kappa shape index (κ1) is 14.5. The van der Waals surface area contributed by atoms with Crippen LogP contribution in [0.4, 0.5) is 5.69 Å². The Labute approximate surface area is 127 Å². The fraction of sp³-hybridized carbons (Fsp3) is 0. The van der Waals surface area contributed by atoms with Gasteiger partial charge in [-0.25, -0.2) is 4.79 Å². The summed E-state index contributed by atoms with van der Waals surface area (Å²) in [7, 11) is 0. The molecule has 0 saturated carbocycles. The van der Waals surface area contributed by atoms with Gasteiger partial charge in [0.25, 0.3) is 5.91 Å². The van der Waals surface area contributed by atoms with Gasteiger partial charge in [-0.15, -0.1) is 0 Å². The predicted molar refractivity (Wildman–Crippen MR) is 78.3 cm³/mol. The van der Waals surface area contributed by atoms with Gasteiger partial charge in [-0.3, -0.25) is 9.78 Å². The van der Waals surface area contributed by atoms with E-state index in [2.05, 4.69) is 26.2 Å². The van der Waals surface area contributed by atoms with Crippen molar-refractivity contribution in [2.45, 2.75) is 0 Å². The Morgan fingerprint density at radius 2 is 2.00 bits per heavy atom. The first-order chi connectivity index (χ1) is 9.50. The lowest BCUT2D eigenvalue weighted by Gasteiger charge is -2.11. The van der Waals surface area contributed by atoms with E-state index in [4.69, 9.17) is 16.7 Å². The van der Waals surface area contributed by atoms with Crippen LogP contribution in [0.5, 0.6) is 0 Å². The third-order valence-corrected chi connectivity index (χ3v) is 3.46. The van der Waals surface area contributed by atoms with E-state index in [1.165, 1.54) is 24.5 Å². The van der Waals surface area contributed by atoms with Crippen molar-refractivity contribution in [3.8, 4) is 0 Å². The summed E-state index contributed by atoms with van der Waals surface area (Å²) in [5.74, 6) is -1.64. The van der Waals surface area contributed by atoms with Crippen LogP contribution in [-0.2, 0) is 0 Å². The van der Waals surface area contributed by atoms with E-state index in [0.29, 0.717) is 4.47 Å². The number of carbonyl (C=O) groups excluding carboxylic acids is 1. The van der Waals surface area contributed by atoms with Crippen molar-refractivity contribution >= 4 is 45.1 Å². The van der Waals surface area contributed by atoms with Crippen LogP contribution in [0.1, 0.15) is 20.7 Å². The standard InChI is InChI=1S/C13H8BrClN2O3/c14-9-3-1-2-8(13(19)20)11(9)17-12(18)7-4-5-16-6-10(7)15/h1-6H,(H,17,18)(H,19,20). The Morgan fingerprint density at radius 3 is 2.65 bits per heavy atom. The SMILES string of the molecule is O=C(Nc1c(Br)cccc1C(=O)O)c1ccncc1Cl. The number of halogens is 2. The molecule has 0 aliphatic rings. The number of nitrogens with zero attached hydrogens (tertiary/aromatic N) is 1.